The third-order valence-corrected chi connectivity index (χ3v) is 5.64. The Bertz CT molecular complexity index is 621. The summed E-state index contributed by atoms with van der Waals surface area (Å²) in [4.78, 5) is 2.45. The average Bonchev–Trinajstić information content (AvgIpc) is 2.61. The molecule has 24 heavy (non-hydrogen) atoms. The summed E-state index contributed by atoms with van der Waals surface area (Å²) in [6.07, 6.45) is 2.58. The second-order valence-corrected chi connectivity index (χ2v) is 7.83. The van der Waals surface area contributed by atoms with Crippen molar-refractivity contribution in [3.63, 3.8) is 0 Å². The number of piperidine rings is 1. The zero-order chi connectivity index (χ0) is 16.8. The van der Waals surface area contributed by atoms with Gasteiger partial charge in [-0.1, -0.05) is 58.4 Å². The topological polar surface area (TPSA) is 15.3 Å². The zero-order valence-electron chi connectivity index (χ0n) is 14.4. The van der Waals surface area contributed by atoms with E-state index in [1.54, 1.807) is 0 Å². The molecule has 0 aromatic heterocycles. The van der Waals surface area contributed by atoms with Crippen LogP contribution < -0.4 is 5.32 Å². The molecule has 1 saturated heterocycles. The molecular weight excluding hydrogens is 360 g/mol. The number of rotatable bonds is 6. The first kappa shape index (κ1) is 17.7. The summed E-state index contributed by atoms with van der Waals surface area (Å²) in [6.45, 7) is 4.42. The molecule has 1 N–H and O–H groups in total. The van der Waals surface area contributed by atoms with E-state index in [1.165, 1.54) is 41.5 Å². The van der Waals surface area contributed by atoms with Crippen LogP contribution in [0.5, 0.6) is 0 Å². The normalized spacial score (nSPS) is 17.8. The minimum atomic E-state index is 0.583. The third kappa shape index (κ3) is 4.92. The van der Waals surface area contributed by atoms with E-state index in [0.717, 1.165) is 19.0 Å². The molecular formula is C21H27BrN2. The zero-order valence-corrected chi connectivity index (χ0v) is 16.0. The van der Waals surface area contributed by atoms with Gasteiger partial charge in [-0.25, -0.2) is 0 Å². The summed E-state index contributed by atoms with van der Waals surface area (Å²) in [7, 11) is 2.23. The monoisotopic (exact) mass is 386 g/mol. The van der Waals surface area contributed by atoms with Gasteiger partial charge >= 0.3 is 0 Å². The lowest BCUT2D eigenvalue weighted by Crippen LogP contribution is -2.35. The first-order valence-electron chi connectivity index (χ1n) is 8.91. The molecule has 0 amide bonds. The lowest BCUT2D eigenvalue weighted by Gasteiger charge is -2.35. The Hall–Kier alpha value is -1.16. The summed E-state index contributed by atoms with van der Waals surface area (Å²) in [6, 6.07) is 19.6. The van der Waals surface area contributed by atoms with Crippen molar-refractivity contribution in [3.05, 3.63) is 70.2 Å². The Morgan fingerprint density at radius 3 is 2.54 bits per heavy atom. The molecule has 0 radical (unpaired) electrons. The molecule has 2 aromatic carbocycles. The number of benzene rings is 2. The summed E-state index contributed by atoms with van der Waals surface area (Å²) in [5.41, 5.74) is 2.81. The van der Waals surface area contributed by atoms with E-state index in [2.05, 4.69) is 87.8 Å². The van der Waals surface area contributed by atoms with Gasteiger partial charge in [-0.2, -0.15) is 0 Å². The molecule has 1 aliphatic heterocycles. The van der Waals surface area contributed by atoms with Crippen molar-refractivity contribution < 1.29 is 0 Å². The van der Waals surface area contributed by atoms with E-state index < -0.39 is 0 Å². The van der Waals surface area contributed by atoms with Gasteiger partial charge < -0.3 is 10.2 Å². The molecule has 128 valence electrons. The number of likely N-dealkylation sites (tertiary alicyclic amines) is 1. The van der Waals surface area contributed by atoms with Gasteiger partial charge in [0, 0.05) is 17.6 Å². The molecule has 3 rings (SSSR count). The highest BCUT2D eigenvalue weighted by Gasteiger charge is 2.26. The molecule has 3 heteroatoms. The summed E-state index contributed by atoms with van der Waals surface area (Å²) in [5, 5.41) is 3.70. The Morgan fingerprint density at radius 2 is 1.83 bits per heavy atom. The van der Waals surface area contributed by atoms with Crippen molar-refractivity contribution >= 4 is 15.9 Å². The van der Waals surface area contributed by atoms with Gasteiger partial charge in [0.1, 0.15) is 0 Å². The summed E-state index contributed by atoms with van der Waals surface area (Å²) in [5.74, 6) is 1.35. The number of hydrogen-bond acceptors (Lipinski definition) is 2. The SMILES string of the molecule is CN1CCC(C(CNCc2ccccc2)c2cccc(Br)c2)CC1. The molecule has 0 saturated carbocycles. The maximum Gasteiger partial charge on any atom is 0.0205 e. The molecule has 1 aliphatic rings. The van der Waals surface area contributed by atoms with Crippen molar-refractivity contribution in [2.45, 2.75) is 25.3 Å². The number of nitrogens with zero attached hydrogens (tertiary/aromatic N) is 1. The highest BCUT2D eigenvalue weighted by atomic mass is 79.9. The Balaban J connectivity index is 1.67. The number of hydrogen-bond donors (Lipinski definition) is 1. The molecule has 0 aliphatic carbocycles. The van der Waals surface area contributed by atoms with Crippen molar-refractivity contribution in [3.8, 4) is 0 Å². The van der Waals surface area contributed by atoms with Crippen LogP contribution in [0.1, 0.15) is 29.9 Å². The highest BCUT2D eigenvalue weighted by Crippen LogP contribution is 2.33. The van der Waals surface area contributed by atoms with Crippen LogP contribution in [0.15, 0.2) is 59.1 Å². The molecule has 2 nitrogen and oxygen atoms in total. The minimum absolute atomic E-state index is 0.583. The minimum Gasteiger partial charge on any atom is -0.312 e. The summed E-state index contributed by atoms with van der Waals surface area (Å²) >= 11 is 3.64. The van der Waals surface area contributed by atoms with E-state index in [9.17, 15) is 0 Å². The fourth-order valence-electron chi connectivity index (χ4n) is 3.69. The Morgan fingerprint density at radius 1 is 1.08 bits per heavy atom. The van der Waals surface area contributed by atoms with Crippen molar-refractivity contribution in [2.75, 3.05) is 26.7 Å². The van der Waals surface area contributed by atoms with E-state index in [0.29, 0.717) is 5.92 Å². The maximum atomic E-state index is 3.70. The van der Waals surface area contributed by atoms with E-state index in [-0.39, 0.29) is 0 Å². The van der Waals surface area contributed by atoms with Crippen LogP contribution in [0.25, 0.3) is 0 Å². The second-order valence-electron chi connectivity index (χ2n) is 6.92. The molecule has 2 aromatic rings. The Labute approximate surface area is 154 Å². The fourth-order valence-corrected chi connectivity index (χ4v) is 4.11. The number of halogens is 1. The van der Waals surface area contributed by atoms with Gasteiger partial charge in [-0.15, -0.1) is 0 Å². The van der Waals surface area contributed by atoms with Gasteiger partial charge in [0.25, 0.3) is 0 Å². The smallest absolute Gasteiger partial charge is 0.0205 e. The molecule has 1 fully saturated rings. The lowest BCUT2D eigenvalue weighted by atomic mass is 9.80. The standard InChI is InChI=1S/C21H27BrN2/c1-24-12-10-18(11-13-24)21(19-8-5-9-20(22)14-19)16-23-15-17-6-3-2-4-7-17/h2-9,14,18,21,23H,10-13,15-16H2,1H3. The van der Waals surface area contributed by atoms with E-state index in [4.69, 9.17) is 0 Å². The van der Waals surface area contributed by atoms with Crippen LogP contribution in [0.4, 0.5) is 0 Å². The van der Waals surface area contributed by atoms with Crippen molar-refractivity contribution in [1.29, 1.82) is 0 Å². The first-order chi connectivity index (χ1) is 11.7. The van der Waals surface area contributed by atoms with Crippen molar-refractivity contribution in [2.24, 2.45) is 5.92 Å². The van der Waals surface area contributed by atoms with Crippen LogP contribution in [-0.4, -0.2) is 31.6 Å². The highest BCUT2D eigenvalue weighted by molar-refractivity contribution is 9.10. The molecule has 0 spiro atoms. The predicted molar refractivity (Wildman–Crippen MR) is 105 cm³/mol. The third-order valence-electron chi connectivity index (χ3n) is 5.15. The first-order valence-corrected chi connectivity index (χ1v) is 9.70. The van der Waals surface area contributed by atoms with E-state index in [1.807, 2.05) is 0 Å². The van der Waals surface area contributed by atoms with Crippen LogP contribution in [0.3, 0.4) is 0 Å². The van der Waals surface area contributed by atoms with Gasteiger partial charge in [0.05, 0.1) is 0 Å². The quantitative estimate of drug-likeness (QED) is 0.775. The van der Waals surface area contributed by atoms with Crippen LogP contribution in [0, 0.1) is 5.92 Å². The van der Waals surface area contributed by atoms with Gasteiger partial charge in [0.15, 0.2) is 0 Å². The van der Waals surface area contributed by atoms with Gasteiger partial charge in [-0.05, 0) is 68.1 Å². The summed E-state index contributed by atoms with van der Waals surface area (Å²) < 4.78 is 1.18. The average molecular weight is 387 g/mol. The second kappa shape index (κ2) is 8.80. The van der Waals surface area contributed by atoms with Gasteiger partial charge in [0.2, 0.25) is 0 Å². The van der Waals surface area contributed by atoms with Crippen molar-refractivity contribution in [1.82, 2.24) is 10.2 Å². The van der Waals surface area contributed by atoms with Crippen LogP contribution in [0.2, 0.25) is 0 Å². The van der Waals surface area contributed by atoms with Crippen LogP contribution >= 0.6 is 15.9 Å². The largest absolute Gasteiger partial charge is 0.312 e. The van der Waals surface area contributed by atoms with Crippen LogP contribution in [-0.2, 0) is 6.54 Å². The van der Waals surface area contributed by atoms with Gasteiger partial charge in [-0.3, -0.25) is 0 Å². The predicted octanol–water partition coefficient (Wildman–Crippen LogP) is 4.66. The number of nitrogens with one attached hydrogen (secondary N) is 1. The Kier molecular flexibility index (Phi) is 6.47. The lowest BCUT2D eigenvalue weighted by molar-refractivity contribution is 0.196. The molecule has 1 heterocycles. The maximum absolute atomic E-state index is 3.70. The molecule has 1 atom stereocenters. The molecule has 1 unspecified atom stereocenters. The molecule has 0 bridgehead atoms. The van der Waals surface area contributed by atoms with E-state index >= 15 is 0 Å². The fraction of sp³-hybridized carbons (Fsp3) is 0.429.